The lowest BCUT2D eigenvalue weighted by atomic mass is 10.2. The zero-order valence-corrected chi connectivity index (χ0v) is 12.5. The molecule has 5 nitrogen and oxygen atoms in total. The summed E-state index contributed by atoms with van der Waals surface area (Å²) < 4.78 is 7.06. The van der Waals surface area contributed by atoms with Crippen LogP contribution in [0.15, 0.2) is 52.0 Å². The molecular formula is C17H17N3O2. The summed E-state index contributed by atoms with van der Waals surface area (Å²) >= 11 is 0. The molecule has 0 radical (unpaired) electrons. The normalized spacial score (nSPS) is 11.6. The van der Waals surface area contributed by atoms with Crippen molar-refractivity contribution in [1.82, 2.24) is 14.8 Å². The first-order chi connectivity index (χ1) is 10.6. The number of nitrogens with zero attached hydrogens (tertiary/aromatic N) is 2. The van der Waals surface area contributed by atoms with Crippen LogP contribution in [0.4, 0.5) is 0 Å². The molecule has 3 rings (SSSR count). The van der Waals surface area contributed by atoms with E-state index in [4.69, 9.17) is 4.42 Å². The van der Waals surface area contributed by atoms with Gasteiger partial charge in [0.2, 0.25) is 0 Å². The number of aromatic nitrogens is 3. The average molecular weight is 295 g/mol. The summed E-state index contributed by atoms with van der Waals surface area (Å²) in [6, 6.07) is 9.63. The molecule has 0 saturated carbocycles. The molecule has 5 heteroatoms. The molecule has 0 aliphatic heterocycles. The molecule has 0 spiro atoms. The Hall–Kier alpha value is -2.82. The molecule has 0 fully saturated rings. The standard InChI is InChI=1S/C17H17N3O2/c1-12(2)17-18-14(11-22-17)9-8-13-10-20(19-16(13)21)15-6-4-3-5-7-15/h3-12H,1-2H3,(H,19,21)/b9-8+. The number of hydrogen-bond donors (Lipinski definition) is 1. The van der Waals surface area contributed by atoms with E-state index in [2.05, 4.69) is 10.1 Å². The molecule has 22 heavy (non-hydrogen) atoms. The summed E-state index contributed by atoms with van der Waals surface area (Å²) in [7, 11) is 0. The molecule has 2 aromatic heterocycles. The van der Waals surface area contributed by atoms with Gasteiger partial charge < -0.3 is 4.42 Å². The Balaban J connectivity index is 1.85. The van der Waals surface area contributed by atoms with E-state index in [0.717, 1.165) is 5.69 Å². The molecule has 0 aliphatic carbocycles. The Labute approximate surface area is 127 Å². The highest BCUT2D eigenvalue weighted by Gasteiger charge is 2.06. The van der Waals surface area contributed by atoms with E-state index in [1.54, 1.807) is 29.3 Å². The Morgan fingerprint density at radius 1 is 1.23 bits per heavy atom. The Bertz CT molecular complexity index is 838. The van der Waals surface area contributed by atoms with Gasteiger partial charge in [0.1, 0.15) is 12.0 Å². The first-order valence-corrected chi connectivity index (χ1v) is 7.14. The van der Waals surface area contributed by atoms with Crippen LogP contribution in [0.3, 0.4) is 0 Å². The van der Waals surface area contributed by atoms with Crippen molar-refractivity contribution in [3.05, 3.63) is 70.3 Å². The van der Waals surface area contributed by atoms with Crippen molar-refractivity contribution in [3.8, 4) is 5.69 Å². The van der Waals surface area contributed by atoms with Crippen LogP contribution in [0, 0.1) is 0 Å². The maximum absolute atomic E-state index is 12.0. The number of oxazole rings is 1. The average Bonchev–Trinajstić information content (AvgIpc) is 3.13. The summed E-state index contributed by atoms with van der Waals surface area (Å²) in [5.74, 6) is 0.931. The van der Waals surface area contributed by atoms with Crippen LogP contribution in [0.1, 0.15) is 36.9 Å². The summed E-state index contributed by atoms with van der Waals surface area (Å²) in [6.45, 7) is 4.04. The van der Waals surface area contributed by atoms with Crippen molar-refractivity contribution < 1.29 is 4.42 Å². The zero-order valence-electron chi connectivity index (χ0n) is 12.5. The number of rotatable bonds is 4. The fraction of sp³-hybridized carbons (Fsp3) is 0.176. The van der Waals surface area contributed by atoms with Gasteiger partial charge in [0, 0.05) is 12.1 Å². The molecule has 3 aromatic rings. The van der Waals surface area contributed by atoms with Crippen LogP contribution < -0.4 is 5.56 Å². The minimum Gasteiger partial charge on any atom is -0.448 e. The molecule has 1 aromatic carbocycles. The van der Waals surface area contributed by atoms with E-state index in [9.17, 15) is 4.79 Å². The number of para-hydroxylation sites is 1. The third-order valence-corrected chi connectivity index (χ3v) is 3.25. The van der Waals surface area contributed by atoms with Crippen molar-refractivity contribution in [2.24, 2.45) is 0 Å². The highest BCUT2D eigenvalue weighted by Crippen LogP contribution is 2.14. The van der Waals surface area contributed by atoms with Crippen molar-refractivity contribution in [2.75, 3.05) is 0 Å². The number of benzene rings is 1. The second-order valence-electron chi connectivity index (χ2n) is 5.33. The molecule has 0 unspecified atom stereocenters. The van der Waals surface area contributed by atoms with Crippen LogP contribution in [-0.4, -0.2) is 14.8 Å². The van der Waals surface area contributed by atoms with E-state index < -0.39 is 0 Å². The van der Waals surface area contributed by atoms with Crippen LogP contribution in [0.5, 0.6) is 0 Å². The molecule has 2 heterocycles. The predicted octanol–water partition coefficient (Wildman–Crippen LogP) is 3.45. The number of aromatic amines is 1. The first kappa shape index (κ1) is 14.1. The summed E-state index contributed by atoms with van der Waals surface area (Å²) in [4.78, 5) is 16.3. The topological polar surface area (TPSA) is 63.8 Å². The minimum absolute atomic E-state index is 0.146. The SMILES string of the molecule is CC(C)c1nc(/C=C/c2cn(-c3ccccc3)[nH]c2=O)co1. The first-order valence-electron chi connectivity index (χ1n) is 7.14. The highest BCUT2D eigenvalue weighted by molar-refractivity contribution is 5.67. The zero-order chi connectivity index (χ0) is 15.5. The van der Waals surface area contributed by atoms with Gasteiger partial charge in [-0.1, -0.05) is 32.0 Å². The van der Waals surface area contributed by atoms with Gasteiger partial charge in [0.15, 0.2) is 5.89 Å². The van der Waals surface area contributed by atoms with Gasteiger partial charge in [-0.25, -0.2) is 4.98 Å². The Kier molecular flexibility index (Phi) is 3.78. The molecule has 112 valence electrons. The van der Waals surface area contributed by atoms with E-state index in [1.165, 1.54) is 0 Å². The van der Waals surface area contributed by atoms with E-state index in [-0.39, 0.29) is 11.5 Å². The lowest BCUT2D eigenvalue weighted by molar-refractivity contribution is 0.471. The van der Waals surface area contributed by atoms with Crippen molar-refractivity contribution in [1.29, 1.82) is 0 Å². The Morgan fingerprint density at radius 2 is 2.00 bits per heavy atom. The third kappa shape index (κ3) is 2.93. The second-order valence-corrected chi connectivity index (χ2v) is 5.33. The van der Waals surface area contributed by atoms with Crippen LogP contribution in [-0.2, 0) is 0 Å². The van der Waals surface area contributed by atoms with E-state index >= 15 is 0 Å². The van der Waals surface area contributed by atoms with Gasteiger partial charge >= 0.3 is 0 Å². The van der Waals surface area contributed by atoms with Crippen LogP contribution in [0.25, 0.3) is 17.8 Å². The lowest BCUT2D eigenvalue weighted by Gasteiger charge is -1.99. The van der Waals surface area contributed by atoms with E-state index in [1.807, 2.05) is 44.2 Å². The van der Waals surface area contributed by atoms with Crippen molar-refractivity contribution in [2.45, 2.75) is 19.8 Å². The molecule has 0 aliphatic rings. The van der Waals surface area contributed by atoms with Gasteiger partial charge in [-0.3, -0.25) is 14.6 Å². The van der Waals surface area contributed by atoms with Crippen molar-refractivity contribution >= 4 is 12.2 Å². The molecular weight excluding hydrogens is 278 g/mol. The molecule has 0 atom stereocenters. The smallest absolute Gasteiger partial charge is 0.271 e. The predicted molar refractivity (Wildman–Crippen MR) is 85.9 cm³/mol. The monoisotopic (exact) mass is 295 g/mol. The van der Waals surface area contributed by atoms with Gasteiger partial charge in [0.05, 0.1) is 11.3 Å². The summed E-state index contributed by atoms with van der Waals surface area (Å²) in [6.07, 6.45) is 6.86. The largest absolute Gasteiger partial charge is 0.448 e. The van der Waals surface area contributed by atoms with Gasteiger partial charge in [-0.2, -0.15) is 0 Å². The Morgan fingerprint density at radius 3 is 2.68 bits per heavy atom. The van der Waals surface area contributed by atoms with Gasteiger partial charge in [0.25, 0.3) is 5.56 Å². The summed E-state index contributed by atoms with van der Waals surface area (Å²) in [5, 5.41) is 2.79. The molecule has 0 saturated heterocycles. The fourth-order valence-electron chi connectivity index (χ4n) is 2.07. The molecule has 0 bridgehead atoms. The van der Waals surface area contributed by atoms with Crippen LogP contribution in [0.2, 0.25) is 0 Å². The quantitative estimate of drug-likeness (QED) is 0.801. The van der Waals surface area contributed by atoms with E-state index in [0.29, 0.717) is 17.1 Å². The maximum atomic E-state index is 12.0. The maximum Gasteiger partial charge on any atom is 0.271 e. The number of nitrogens with one attached hydrogen (secondary N) is 1. The van der Waals surface area contributed by atoms with Crippen molar-refractivity contribution in [3.63, 3.8) is 0 Å². The third-order valence-electron chi connectivity index (χ3n) is 3.25. The fourth-order valence-corrected chi connectivity index (χ4v) is 2.07. The van der Waals surface area contributed by atoms with Crippen LogP contribution >= 0.6 is 0 Å². The number of H-pyrrole nitrogens is 1. The molecule has 0 amide bonds. The van der Waals surface area contributed by atoms with Gasteiger partial charge in [-0.05, 0) is 24.3 Å². The summed E-state index contributed by atoms with van der Waals surface area (Å²) in [5.41, 5.74) is 2.03. The number of hydrogen-bond acceptors (Lipinski definition) is 3. The lowest BCUT2D eigenvalue weighted by Crippen LogP contribution is -2.04. The van der Waals surface area contributed by atoms with Gasteiger partial charge in [-0.15, -0.1) is 0 Å². The molecule has 1 N–H and O–H groups in total. The minimum atomic E-state index is -0.146. The second kappa shape index (κ2) is 5.89. The highest BCUT2D eigenvalue weighted by atomic mass is 16.3.